The fourth-order valence-corrected chi connectivity index (χ4v) is 1.72. The van der Waals surface area contributed by atoms with Crippen molar-refractivity contribution in [3.05, 3.63) is 40.9 Å². The van der Waals surface area contributed by atoms with Gasteiger partial charge in [0.15, 0.2) is 4.77 Å². The number of para-hydroxylation sites is 1. The lowest BCUT2D eigenvalue weighted by Gasteiger charge is -2.04. The largest absolute Gasteiger partial charge is 0.326 e. The Hall–Kier alpha value is -1.95. The molecule has 1 aromatic heterocycles. The summed E-state index contributed by atoms with van der Waals surface area (Å²) in [4.78, 5) is 11.7. The van der Waals surface area contributed by atoms with Gasteiger partial charge in [-0.15, -0.1) is 0 Å². The first kappa shape index (κ1) is 12.5. The number of H-pyrrole nitrogens is 1. The monoisotopic (exact) mass is 262 g/mol. The molecule has 18 heavy (non-hydrogen) atoms. The van der Waals surface area contributed by atoms with Crippen LogP contribution in [0.4, 0.5) is 5.69 Å². The molecule has 0 aliphatic heterocycles. The molecular weight excluding hydrogens is 248 g/mol. The van der Waals surface area contributed by atoms with Crippen molar-refractivity contribution in [2.24, 2.45) is 7.05 Å². The molecule has 94 valence electrons. The van der Waals surface area contributed by atoms with E-state index in [1.165, 1.54) is 0 Å². The third kappa shape index (κ3) is 3.04. The molecule has 6 heteroatoms. The first-order chi connectivity index (χ1) is 8.66. The minimum atomic E-state index is -0.0323. The number of rotatable bonds is 4. The van der Waals surface area contributed by atoms with Gasteiger partial charge in [-0.25, -0.2) is 0 Å². The molecule has 1 aromatic carbocycles. The van der Waals surface area contributed by atoms with Gasteiger partial charge in [0.1, 0.15) is 5.82 Å². The van der Waals surface area contributed by atoms with Crippen molar-refractivity contribution in [2.75, 3.05) is 5.32 Å². The molecule has 0 fully saturated rings. The van der Waals surface area contributed by atoms with Crippen molar-refractivity contribution in [2.45, 2.75) is 12.8 Å². The van der Waals surface area contributed by atoms with Crippen LogP contribution in [0.2, 0.25) is 0 Å². The maximum absolute atomic E-state index is 11.7. The molecule has 5 nitrogen and oxygen atoms in total. The Morgan fingerprint density at radius 3 is 2.78 bits per heavy atom. The molecule has 0 saturated carbocycles. The molecule has 0 saturated heterocycles. The minimum absolute atomic E-state index is 0.0323. The fourth-order valence-electron chi connectivity index (χ4n) is 1.57. The quantitative estimate of drug-likeness (QED) is 0.829. The predicted octanol–water partition coefficient (Wildman–Crippen LogP) is 2.05. The number of hydrogen-bond donors (Lipinski definition) is 2. The normalized spacial score (nSPS) is 10.3. The van der Waals surface area contributed by atoms with Crippen LogP contribution in [0.3, 0.4) is 0 Å². The molecule has 2 aromatic rings. The Balaban J connectivity index is 1.89. The highest BCUT2D eigenvalue weighted by atomic mass is 32.1. The SMILES string of the molecule is Cn1c(CCC(=O)Nc2ccccc2)n[nH]c1=S. The van der Waals surface area contributed by atoms with Gasteiger partial charge in [0, 0.05) is 25.6 Å². The van der Waals surface area contributed by atoms with E-state index >= 15 is 0 Å². The van der Waals surface area contributed by atoms with Gasteiger partial charge in [-0.2, -0.15) is 5.10 Å². The molecule has 0 aliphatic carbocycles. The molecule has 2 rings (SSSR count). The number of aromatic nitrogens is 3. The number of hydrogen-bond acceptors (Lipinski definition) is 3. The first-order valence-electron chi connectivity index (χ1n) is 5.62. The maximum Gasteiger partial charge on any atom is 0.224 e. The molecule has 0 aliphatic rings. The second kappa shape index (κ2) is 5.59. The molecule has 0 spiro atoms. The average Bonchev–Trinajstić information content (AvgIpc) is 2.69. The number of nitrogens with zero attached hydrogens (tertiary/aromatic N) is 2. The summed E-state index contributed by atoms with van der Waals surface area (Å²) in [5.74, 6) is 0.748. The van der Waals surface area contributed by atoms with Gasteiger partial charge < -0.3 is 9.88 Å². The molecule has 0 bridgehead atoms. The van der Waals surface area contributed by atoms with Crippen LogP contribution in [0.25, 0.3) is 0 Å². The van der Waals surface area contributed by atoms with Gasteiger partial charge in [0.05, 0.1) is 0 Å². The van der Waals surface area contributed by atoms with E-state index in [0.717, 1.165) is 11.5 Å². The number of aromatic amines is 1. The second-order valence-corrected chi connectivity index (χ2v) is 4.30. The van der Waals surface area contributed by atoms with E-state index in [1.807, 2.05) is 37.4 Å². The van der Waals surface area contributed by atoms with Gasteiger partial charge in [0.2, 0.25) is 5.91 Å². The lowest BCUT2D eigenvalue weighted by molar-refractivity contribution is -0.116. The highest BCUT2D eigenvalue weighted by molar-refractivity contribution is 7.71. The van der Waals surface area contributed by atoms with Gasteiger partial charge in [-0.3, -0.25) is 9.89 Å². The van der Waals surface area contributed by atoms with E-state index in [0.29, 0.717) is 17.6 Å². The summed E-state index contributed by atoms with van der Waals surface area (Å²) in [6.45, 7) is 0. The standard InChI is InChI=1S/C12H14N4OS/c1-16-10(14-15-12(16)18)7-8-11(17)13-9-5-3-2-4-6-9/h2-6H,7-8H2,1H3,(H,13,17)(H,15,18). The molecular formula is C12H14N4OS. The van der Waals surface area contributed by atoms with Crippen LogP contribution in [0, 0.1) is 4.77 Å². The molecule has 0 radical (unpaired) electrons. The number of carbonyl (C=O) groups is 1. The number of anilines is 1. The maximum atomic E-state index is 11.7. The predicted molar refractivity (Wildman–Crippen MR) is 71.8 cm³/mol. The highest BCUT2D eigenvalue weighted by Crippen LogP contribution is 2.06. The van der Waals surface area contributed by atoms with Gasteiger partial charge in [0.25, 0.3) is 0 Å². The zero-order valence-electron chi connectivity index (χ0n) is 10.0. The number of aryl methyl sites for hydroxylation is 1. The Morgan fingerprint density at radius 1 is 1.44 bits per heavy atom. The van der Waals surface area contributed by atoms with Crippen LogP contribution in [-0.4, -0.2) is 20.7 Å². The van der Waals surface area contributed by atoms with Gasteiger partial charge in [-0.05, 0) is 24.4 Å². The molecule has 1 amide bonds. The van der Waals surface area contributed by atoms with Crippen LogP contribution in [0.5, 0.6) is 0 Å². The minimum Gasteiger partial charge on any atom is -0.326 e. The summed E-state index contributed by atoms with van der Waals surface area (Å²) in [5, 5.41) is 9.58. The highest BCUT2D eigenvalue weighted by Gasteiger charge is 2.06. The van der Waals surface area contributed by atoms with Crippen molar-refractivity contribution in [1.29, 1.82) is 0 Å². The smallest absolute Gasteiger partial charge is 0.224 e. The second-order valence-electron chi connectivity index (χ2n) is 3.92. The summed E-state index contributed by atoms with van der Waals surface area (Å²) in [5.41, 5.74) is 0.804. The third-order valence-corrected chi connectivity index (χ3v) is 2.97. The van der Waals surface area contributed by atoms with Crippen molar-refractivity contribution in [3.8, 4) is 0 Å². The average molecular weight is 262 g/mol. The number of nitrogens with one attached hydrogen (secondary N) is 2. The molecule has 2 N–H and O–H groups in total. The van der Waals surface area contributed by atoms with E-state index in [4.69, 9.17) is 12.2 Å². The Morgan fingerprint density at radius 2 is 2.17 bits per heavy atom. The van der Waals surface area contributed by atoms with E-state index in [9.17, 15) is 4.79 Å². The lowest BCUT2D eigenvalue weighted by Crippen LogP contribution is -2.13. The first-order valence-corrected chi connectivity index (χ1v) is 6.03. The van der Waals surface area contributed by atoms with Crippen LogP contribution < -0.4 is 5.32 Å². The van der Waals surface area contributed by atoms with Crippen molar-refractivity contribution >= 4 is 23.8 Å². The summed E-state index contributed by atoms with van der Waals surface area (Å²) >= 11 is 5.00. The molecule has 0 atom stereocenters. The summed E-state index contributed by atoms with van der Waals surface area (Å²) in [6.07, 6.45) is 0.935. The number of benzene rings is 1. The fraction of sp³-hybridized carbons (Fsp3) is 0.250. The van der Waals surface area contributed by atoms with Crippen LogP contribution in [0.15, 0.2) is 30.3 Å². The molecule has 1 heterocycles. The molecule has 0 unspecified atom stereocenters. The van der Waals surface area contributed by atoms with E-state index in [2.05, 4.69) is 15.5 Å². The van der Waals surface area contributed by atoms with Crippen LogP contribution >= 0.6 is 12.2 Å². The van der Waals surface area contributed by atoms with Crippen LogP contribution in [0.1, 0.15) is 12.2 Å². The van der Waals surface area contributed by atoms with Crippen LogP contribution in [-0.2, 0) is 18.3 Å². The summed E-state index contributed by atoms with van der Waals surface area (Å²) < 4.78 is 2.33. The Kier molecular flexibility index (Phi) is 3.88. The zero-order chi connectivity index (χ0) is 13.0. The number of amides is 1. The topological polar surface area (TPSA) is 62.7 Å². The van der Waals surface area contributed by atoms with Crippen molar-refractivity contribution < 1.29 is 4.79 Å². The number of carbonyl (C=O) groups excluding carboxylic acids is 1. The van der Waals surface area contributed by atoms with Crippen molar-refractivity contribution in [1.82, 2.24) is 14.8 Å². The third-order valence-electron chi connectivity index (χ3n) is 2.61. The van der Waals surface area contributed by atoms with Gasteiger partial charge >= 0.3 is 0 Å². The van der Waals surface area contributed by atoms with Gasteiger partial charge in [-0.1, -0.05) is 18.2 Å². The van der Waals surface area contributed by atoms with E-state index < -0.39 is 0 Å². The van der Waals surface area contributed by atoms with Crippen molar-refractivity contribution in [3.63, 3.8) is 0 Å². The summed E-state index contributed by atoms with van der Waals surface area (Å²) in [6, 6.07) is 9.38. The zero-order valence-corrected chi connectivity index (χ0v) is 10.8. The Bertz CT molecular complexity index is 588. The summed E-state index contributed by atoms with van der Waals surface area (Å²) in [7, 11) is 1.83. The van der Waals surface area contributed by atoms with E-state index in [1.54, 1.807) is 4.57 Å². The lowest BCUT2D eigenvalue weighted by atomic mass is 10.2. The Labute approximate surface area is 110 Å². The van der Waals surface area contributed by atoms with E-state index in [-0.39, 0.29) is 5.91 Å².